The Bertz CT molecular complexity index is 1040. The number of hydrogen-bond acceptors (Lipinski definition) is 3. The summed E-state index contributed by atoms with van der Waals surface area (Å²) in [7, 11) is 0. The smallest absolute Gasteiger partial charge is 0.257 e. The number of amides is 2. The predicted octanol–water partition coefficient (Wildman–Crippen LogP) is 4.51. The number of halogens is 2. The van der Waals surface area contributed by atoms with Crippen LogP contribution in [0.2, 0.25) is 0 Å². The van der Waals surface area contributed by atoms with Crippen LogP contribution in [0.3, 0.4) is 0 Å². The third kappa shape index (κ3) is 5.48. The van der Waals surface area contributed by atoms with Crippen molar-refractivity contribution in [2.24, 2.45) is 0 Å². The summed E-state index contributed by atoms with van der Waals surface area (Å²) in [5.41, 5.74) is 1.57. The summed E-state index contributed by atoms with van der Waals surface area (Å²) < 4.78 is 26.9. The van der Waals surface area contributed by atoms with Gasteiger partial charge in [-0.25, -0.2) is 8.78 Å². The Balaban J connectivity index is 1.62. The van der Waals surface area contributed by atoms with Gasteiger partial charge in [-0.05, 0) is 37.3 Å². The third-order valence-corrected chi connectivity index (χ3v) is 4.48. The van der Waals surface area contributed by atoms with E-state index in [4.69, 9.17) is 0 Å². The predicted molar refractivity (Wildman–Crippen MR) is 112 cm³/mol. The van der Waals surface area contributed by atoms with Crippen LogP contribution in [0, 0.1) is 11.6 Å². The van der Waals surface area contributed by atoms with E-state index in [0.717, 1.165) is 12.1 Å². The third-order valence-electron chi connectivity index (χ3n) is 4.48. The molecule has 0 aliphatic rings. The number of carbonyl (C=O) groups excluding carboxylic acids is 2. The van der Waals surface area contributed by atoms with Crippen LogP contribution < -0.4 is 16.0 Å². The van der Waals surface area contributed by atoms with Crippen molar-refractivity contribution in [2.45, 2.75) is 13.0 Å². The Morgan fingerprint density at radius 2 is 1.60 bits per heavy atom. The molecule has 0 heterocycles. The molecule has 0 unspecified atom stereocenters. The number of nitrogens with one attached hydrogen (secondary N) is 3. The van der Waals surface area contributed by atoms with Crippen molar-refractivity contribution in [2.75, 3.05) is 17.2 Å². The standard InChI is InChI=1S/C23H21F2N3O2/c1-15(18-12-11-16(24)13-20(18)25)26-14-22(29)28-21-10-6-5-9-19(21)23(30)27-17-7-3-2-4-8-17/h2-13,15,26H,14H2,1H3,(H,27,30)(H,28,29)/t15-/m0/s1. The molecule has 3 aromatic rings. The highest BCUT2D eigenvalue weighted by Gasteiger charge is 2.15. The Morgan fingerprint density at radius 3 is 2.33 bits per heavy atom. The molecule has 0 aliphatic heterocycles. The lowest BCUT2D eigenvalue weighted by molar-refractivity contribution is -0.115. The van der Waals surface area contributed by atoms with Crippen molar-refractivity contribution in [3.8, 4) is 0 Å². The highest BCUT2D eigenvalue weighted by molar-refractivity contribution is 6.10. The van der Waals surface area contributed by atoms with Crippen molar-refractivity contribution >= 4 is 23.2 Å². The van der Waals surface area contributed by atoms with E-state index >= 15 is 0 Å². The van der Waals surface area contributed by atoms with Gasteiger partial charge >= 0.3 is 0 Å². The van der Waals surface area contributed by atoms with Crippen LogP contribution in [0.4, 0.5) is 20.2 Å². The molecule has 30 heavy (non-hydrogen) atoms. The maximum absolute atomic E-state index is 13.9. The monoisotopic (exact) mass is 409 g/mol. The zero-order valence-corrected chi connectivity index (χ0v) is 16.3. The van der Waals surface area contributed by atoms with Crippen LogP contribution in [0.25, 0.3) is 0 Å². The minimum absolute atomic E-state index is 0.118. The topological polar surface area (TPSA) is 70.2 Å². The number of anilines is 2. The minimum Gasteiger partial charge on any atom is -0.324 e. The van der Waals surface area contributed by atoms with E-state index in [1.165, 1.54) is 6.07 Å². The molecule has 0 fully saturated rings. The van der Waals surface area contributed by atoms with E-state index in [2.05, 4.69) is 16.0 Å². The molecule has 0 bridgehead atoms. The average molecular weight is 409 g/mol. The molecule has 1 atom stereocenters. The summed E-state index contributed by atoms with van der Waals surface area (Å²) in [5, 5.41) is 8.36. The first-order valence-corrected chi connectivity index (χ1v) is 9.37. The van der Waals surface area contributed by atoms with Gasteiger partial charge in [0.1, 0.15) is 11.6 Å². The van der Waals surface area contributed by atoms with Gasteiger partial charge in [0, 0.05) is 23.4 Å². The molecule has 0 saturated heterocycles. The second kappa shape index (κ2) is 9.76. The van der Waals surface area contributed by atoms with Crippen molar-refractivity contribution in [3.63, 3.8) is 0 Å². The molecule has 0 aliphatic carbocycles. The second-order valence-corrected chi connectivity index (χ2v) is 6.68. The van der Waals surface area contributed by atoms with E-state index in [0.29, 0.717) is 16.9 Å². The molecular weight excluding hydrogens is 388 g/mol. The summed E-state index contributed by atoms with van der Waals surface area (Å²) in [6, 6.07) is 18.4. The fourth-order valence-electron chi connectivity index (χ4n) is 2.91. The molecule has 2 amide bonds. The van der Waals surface area contributed by atoms with E-state index in [1.807, 2.05) is 6.07 Å². The first-order chi connectivity index (χ1) is 14.4. The molecule has 0 spiro atoms. The number of rotatable bonds is 7. The Hall–Kier alpha value is -3.58. The first kappa shape index (κ1) is 21.1. The molecule has 3 aromatic carbocycles. The van der Waals surface area contributed by atoms with Gasteiger partial charge in [0.15, 0.2) is 0 Å². The highest BCUT2D eigenvalue weighted by atomic mass is 19.1. The van der Waals surface area contributed by atoms with Crippen molar-refractivity contribution < 1.29 is 18.4 Å². The minimum atomic E-state index is -0.682. The lowest BCUT2D eigenvalue weighted by Crippen LogP contribution is -2.31. The maximum atomic E-state index is 13.9. The number of hydrogen-bond donors (Lipinski definition) is 3. The average Bonchev–Trinajstić information content (AvgIpc) is 2.73. The van der Waals surface area contributed by atoms with Gasteiger partial charge in [0.05, 0.1) is 17.8 Å². The highest BCUT2D eigenvalue weighted by Crippen LogP contribution is 2.19. The Labute approximate surface area is 173 Å². The normalized spacial score (nSPS) is 11.6. The van der Waals surface area contributed by atoms with Gasteiger partial charge < -0.3 is 16.0 Å². The fraction of sp³-hybridized carbons (Fsp3) is 0.130. The van der Waals surface area contributed by atoms with Crippen molar-refractivity contribution in [1.29, 1.82) is 0 Å². The van der Waals surface area contributed by atoms with Crippen molar-refractivity contribution in [1.82, 2.24) is 5.32 Å². The lowest BCUT2D eigenvalue weighted by Gasteiger charge is -2.16. The number of benzene rings is 3. The summed E-state index contributed by atoms with van der Waals surface area (Å²) in [5.74, 6) is -2.10. The molecule has 0 aromatic heterocycles. The van der Waals surface area contributed by atoms with Gasteiger partial charge in [0.25, 0.3) is 5.91 Å². The number of carbonyl (C=O) groups is 2. The summed E-state index contributed by atoms with van der Waals surface area (Å²) >= 11 is 0. The lowest BCUT2D eigenvalue weighted by atomic mass is 10.1. The molecule has 5 nitrogen and oxygen atoms in total. The van der Waals surface area contributed by atoms with Gasteiger partial charge in [-0.1, -0.05) is 36.4 Å². The maximum Gasteiger partial charge on any atom is 0.257 e. The Kier molecular flexibility index (Phi) is 6.87. The SMILES string of the molecule is C[C@H](NCC(=O)Nc1ccccc1C(=O)Nc1ccccc1)c1ccc(F)cc1F. The van der Waals surface area contributed by atoms with Gasteiger partial charge in [-0.2, -0.15) is 0 Å². The first-order valence-electron chi connectivity index (χ1n) is 9.37. The summed E-state index contributed by atoms with van der Waals surface area (Å²) in [6.07, 6.45) is 0. The van der Waals surface area contributed by atoms with Crippen LogP contribution >= 0.6 is 0 Å². The molecule has 0 radical (unpaired) electrons. The zero-order chi connectivity index (χ0) is 21.5. The van der Waals surface area contributed by atoms with Gasteiger partial charge in [-0.15, -0.1) is 0 Å². The van der Waals surface area contributed by atoms with Crippen LogP contribution in [0.5, 0.6) is 0 Å². The van der Waals surface area contributed by atoms with Gasteiger partial charge in [-0.3, -0.25) is 9.59 Å². The summed E-state index contributed by atoms with van der Waals surface area (Å²) in [6.45, 7) is 1.55. The van der Waals surface area contributed by atoms with E-state index in [9.17, 15) is 18.4 Å². The Morgan fingerprint density at radius 1 is 0.900 bits per heavy atom. The molecule has 3 N–H and O–H groups in total. The quantitative estimate of drug-likeness (QED) is 0.538. The zero-order valence-electron chi connectivity index (χ0n) is 16.3. The van der Waals surface area contributed by atoms with Crippen molar-refractivity contribution in [3.05, 3.63) is 95.6 Å². The van der Waals surface area contributed by atoms with E-state index < -0.39 is 23.6 Å². The van der Waals surface area contributed by atoms with E-state index in [1.54, 1.807) is 55.5 Å². The number of para-hydroxylation sites is 2. The van der Waals surface area contributed by atoms with Crippen LogP contribution in [-0.2, 0) is 4.79 Å². The summed E-state index contributed by atoms with van der Waals surface area (Å²) in [4.78, 5) is 24.9. The van der Waals surface area contributed by atoms with Gasteiger partial charge in [0.2, 0.25) is 5.91 Å². The van der Waals surface area contributed by atoms with E-state index in [-0.39, 0.29) is 18.0 Å². The molecule has 3 rings (SSSR count). The van der Waals surface area contributed by atoms with Crippen LogP contribution in [0.15, 0.2) is 72.8 Å². The second-order valence-electron chi connectivity index (χ2n) is 6.68. The van der Waals surface area contributed by atoms with Crippen LogP contribution in [-0.4, -0.2) is 18.4 Å². The molecule has 154 valence electrons. The van der Waals surface area contributed by atoms with Crippen LogP contribution in [0.1, 0.15) is 28.9 Å². The molecular formula is C23H21F2N3O2. The fourth-order valence-corrected chi connectivity index (χ4v) is 2.91. The largest absolute Gasteiger partial charge is 0.324 e. The molecule has 0 saturated carbocycles. The molecule has 7 heteroatoms.